The van der Waals surface area contributed by atoms with Crippen LogP contribution in [0.1, 0.15) is 32.4 Å². The van der Waals surface area contributed by atoms with E-state index in [1.54, 1.807) is 0 Å². The zero-order valence-electron chi connectivity index (χ0n) is 13.5. The maximum atomic E-state index is 12.3. The summed E-state index contributed by atoms with van der Waals surface area (Å²) < 4.78 is 24.6. The topological polar surface area (TPSA) is 69.5 Å². The Morgan fingerprint density at radius 2 is 1.90 bits per heavy atom. The lowest BCUT2D eigenvalue weighted by Gasteiger charge is -2.16. The fourth-order valence-electron chi connectivity index (χ4n) is 1.98. The van der Waals surface area contributed by atoms with Gasteiger partial charge in [-0.1, -0.05) is 5.21 Å². The highest BCUT2D eigenvalue weighted by molar-refractivity contribution is 7.53. The number of unbranched alkanes of at least 4 members (excludes halogenated alkanes) is 1. The van der Waals surface area contributed by atoms with Crippen molar-refractivity contribution in [2.45, 2.75) is 39.8 Å². The molecule has 8 heteroatoms. The lowest BCUT2D eigenvalue weighted by Crippen LogP contribution is -2.10. The highest BCUT2D eigenvalue weighted by Crippen LogP contribution is 2.48. The van der Waals surface area contributed by atoms with Crippen molar-refractivity contribution in [1.82, 2.24) is 19.9 Å². The van der Waals surface area contributed by atoms with E-state index in [-0.39, 0.29) is 0 Å². The first-order valence-corrected chi connectivity index (χ1v) is 9.13. The molecule has 0 amide bonds. The first-order valence-electron chi connectivity index (χ1n) is 7.41. The molecule has 0 N–H and O–H groups in total. The van der Waals surface area contributed by atoms with Crippen LogP contribution in [0.3, 0.4) is 0 Å². The molecular formula is C13H27N4O3P. The molecule has 0 saturated carbocycles. The molecule has 0 spiro atoms. The van der Waals surface area contributed by atoms with Crippen molar-refractivity contribution >= 4 is 7.60 Å². The van der Waals surface area contributed by atoms with Crippen LogP contribution in [0.4, 0.5) is 0 Å². The van der Waals surface area contributed by atoms with Crippen LogP contribution < -0.4 is 0 Å². The SMILES string of the molecule is CCOP(=O)(CCCCn1cc(CN(C)C)nn1)OCC. The predicted octanol–water partition coefficient (Wildman–Crippen LogP) is 2.39. The van der Waals surface area contributed by atoms with Crippen LogP contribution in [0, 0.1) is 0 Å². The monoisotopic (exact) mass is 318 g/mol. The minimum atomic E-state index is -2.91. The van der Waals surface area contributed by atoms with Crippen LogP contribution in [0.5, 0.6) is 0 Å². The quantitative estimate of drug-likeness (QED) is 0.461. The number of aromatic nitrogens is 3. The molecule has 0 saturated heterocycles. The second-order valence-electron chi connectivity index (χ2n) is 5.09. The second kappa shape index (κ2) is 9.30. The lowest BCUT2D eigenvalue weighted by molar-refractivity contribution is 0.219. The van der Waals surface area contributed by atoms with E-state index in [0.29, 0.717) is 19.4 Å². The normalized spacial score (nSPS) is 12.2. The summed E-state index contributed by atoms with van der Waals surface area (Å²) in [5.74, 6) is 0. The molecular weight excluding hydrogens is 291 g/mol. The number of hydrogen-bond acceptors (Lipinski definition) is 6. The molecule has 0 fully saturated rings. The van der Waals surface area contributed by atoms with Gasteiger partial charge in [0, 0.05) is 19.3 Å². The first kappa shape index (κ1) is 18.3. The summed E-state index contributed by atoms with van der Waals surface area (Å²) in [7, 11) is 1.09. The predicted molar refractivity (Wildman–Crippen MR) is 82.4 cm³/mol. The van der Waals surface area contributed by atoms with Gasteiger partial charge in [-0.25, -0.2) is 0 Å². The third kappa shape index (κ3) is 7.18. The van der Waals surface area contributed by atoms with Crippen LogP contribution in [-0.4, -0.2) is 53.4 Å². The van der Waals surface area contributed by atoms with Gasteiger partial charge in [-0.15, -0.1) is 5.10 Å². The van der Waals surface area contributed by atoms with E-state index in [1.807, 2.05) is 38.8 Å². The van der Waals surface area contributed by atoms with Crippen LogP contribution >= 0.6 is 7.60 Å². The van der Waals surface area contributed by atoms with Gasteiger partial charge in [0.1, 0.15) is 0 Å². The van der Waals surface area contributed by atoms with Crippen molar-refractivity contribution in [3.05, 3.63) is 11.9 Å². The molecule has 1 rings (SSSR count). The summed E-state index contributed by atoms with van der Waals surface area (Å²) in [4.78, 5) is 2.05. The van der Waals surface area contributed by atoms with Gasteiger partial charge in [0.2, 0.25) is 0 Å². The van der Waals surface area contributed by atoms with Gasteiger partial charge in [0.05, 0.1) is 25.1 Å². The Bertz CT molecular complexity index is 440. The largest absolute Gasteiger partial charge is 0.330 e. The minimum Gasteiger partial charge on any atom is -0.309 e. The molecule has 0 radical (unpaired) electrons. The molecule has 0 unspecified atom stereocenters. The van der Waals surface area contributed by atoms with Gasteiger partial charge in [0.25, 0.3) is 0 Å². The molecule has 0 atom stereocenters. The smallest absolute Gasteiger partial charge is 0.309 e. The standard InChI is InChI=1S/C13H27N4O3P/c1-5-19-21(18,20-6-2)10-8-7-9-17-12-13(14-15-17)11-16(3)4/h12H,5-11H2,1-4H3. The molecule has 0 bridgehead atoms. The molecule has 0 aliphatic carbocycles. The van der Waals surface area contributed by atoms with Gasteiger partial charge >= 0.3 is 7.60 Å². The Morgan fingerprint density at radius 3 is 2.48 bits per heavy atom. The first-order chi connectivity index (χ1) is 9.99. The fraction of sp³-hybridized carbons (Fsp3) is 0.846. The molecule has 0 aliphatic rings. The Morgan fingerprint density at radius 1 is 1.24 bits per heavy atom. The molecule has 1 aromatic rings. The van der Waals surface area contributed by atoms with E-state index < -0.39 is 7.60 Å². The zero-order valence-corrected chi connectivity index (χ0v) is 14.4. The Balaban J connectivity index is 2.32. The Kier molecular flexibility index (Phi) is 8.11. The van der Waals surface area contributed by atoms with E-state index in [4.69, 9.17) is 9.05 Å². The van der Waals surface area contributed by atoms with Crippen LogP contribution in [0.25, 0.3) is 0 Å². The van der Waals surface area contributed by atoms with E-state index in [9.17, 15) is 4.57 Å². The Hall–Kier alpha value is -0.750. The molecule has 0 aromatic carbocycles. The summed E-state index contributed by atoms with van der Waals surface area (Å²) in [5, 5.41) is 8.19. The van der Waals surface area contributed by atoms with E-state index >= 15 is 0 Å². The molecule has 0 aliphatic heterocycles. The van der Waals surface area contributed by atoms with Gasteiger partial charge < -0.3 is 13.9 Å². The Labute approximate surface area is 127 Å². The molecule has 122 valence electrons. The van der Waals surface area contributed by atoms with Gasteiger partial charge in [-0.3, -0.25) is 9.25 Å². The summed E-state index contributed by atoms with van der Waals surface area (Å²) in [6.45, 7) is 6.02. The van der Waals surface area contributed by atoms with Gasteiger partial charge in [-0.2, -0.15) is 0 Å². The average Bonchev–Trinajstić information content (AvgIpc) is 2.82. The number of aryl methyl sites for hydroxylation is 1. The van der Waals surface area contributed by atoms with Gasteiger partial charge in [-0.05, 0) is 40.8 Å². The third-order valence-electron chi connectivity index (χ3n) is 2.79. The molecule has 21 heavy (non-hydrogen) atoms. The van der Waals surface area contributed by atoms with E-state index in [0.717, 1.165) is 31.6 Å². The molecule has 1 heterocycles. The van der Waals surface area contributed by atoms with Crippen molar-refractivity contribution in [1.29, 1.82) is 0 Å². The van der Waals surface area contributed by atoms with E-state index in [1.165, 1.54) is 0 Å². The number of rotatable bonds is 11. The van der Waals surface area contributed by atoms with E-state index in [2.05, 4.69) is 15.2 Å². The minimum absolute atomic E-state index is 0.411. The fourth-order valence-corrected chi connectivity index (χ4v) is 3.71. The highest BCUT2D eigenvalue weighted by Gasteiger charge is 2.22. The third-order valence-corrected chi connectivity index (χ3v) is 4.95. The number of nitrogens with zero attached hydrogens (tertiary/aromatic N) is 4. The van der Waals surface area contributed by atoms with Crippen LogP contribution in [-0.2, 0) is 26.7 Å². The molecule has 1 aromatic heterocycles. The van der Waals surface area contributed by atoms with Crippen molar-refractivity contribution in [2.24, 2.45) is 0 Å². The maximum absolute atomic E-state index is 12.3. The summed E-state index contributed by atoms with van der Waals surface area (Å²) in [5.41, 5.74) is 0.953. The average molecular weight is 318 g/mol. The number of hydrogen-bond donors (Lipinski definition) is 0. The molecule has 7 nitrogen and oxygen atoms in total. The van der Waals surface area contributed by atoms with Crippen LogP contribution in [0.15, 0.2) is 6.20 Å². The summed E-state index contributed by atoms with van der Waals surface area (Å²) in [6.07, 6.45) is 4.05. The highest BCUT2D eigenvalue weighted by atomic mass is 31.2. The summed E-state index contributed by atoms with van der Waals surface area (Å²) in [6, 6.07) is 0. The van der Waals surface area contributed by atoms with Crippen molar-refractivity contribution < 1.29 is 13.6 Å². The second-order valence-corrected chi connectivity index (χ2v) is 7.27. The summed E-state index contributed by atoms with van der Waals surface area (Å²) >= 11 is 0. The maximum Gasteiger partial charge on any atom is 0.330 e. The lowest BCUT2D eigenvalue weighted by atomic mass is 10.3. The van der Waals surface area contributed by atoms with Crippen LogP contribution in [0.2, 0.25) is 0 Å². The van der Waals surface area contributed by atoms with Crippen molar-refractivity contribution in [3.8, 4) is 0 Å². The zero-order chi connectivity index (χ0) is 15.7. The van der Waals surface area contributed by atoms with Gasteiger partial charge in [0.15, 0.2) is 0 Å². The van der Waals surface area contributed by atoms with Crippen molar-refractivity contribution in [2.75, 3.05) is 33.5 Å². The van der Waals surface area contributed by atoms with Crippen molar-refractivity contribution in [3.63, 3.8) is 0 Å².